The van der Waals surface area contributed by atoms with Gasteiger partial charge in [0.15, 0.2) is 11.5 Å². The second kappa shape index (κ2) is 7.31. The van der Waals surface area contributed by atoms with Crippen LogP contribution in [0.15, 0.2) is 22.2 Å². The van der Waals surface area contributed by atoms with Crippen molar-refractivity contribution >= 4 is 33.9 Å². The minimum absolute atomic E-state index is 0.170. The molecule has 1 aromatic rings. The summed E-state index contributed by atoms with van der Waals surface area (Å²) in [6.45, 7) is 3.02. The Morgan fingerprint density at radius 2 is 1.73 bits per heavy atom. The zero-order chi connectivity index (χ0) is 18.9. The number of hydrogen-bond donors (Lipinski definition) is 0. The Bertz CT molecular complexity index is 740. The van der Waals surface area contributed by atoms with Crippen LogP contribution in [0.1, 0.15) is 45.1 Å². The molecule has 0 bridgehead atoms. The first-order chi connectivity index (χ1) is 12.3. The molecule has 3 rings (SSSR count). The van der Waals surface area contributed by atoms with E-state index in [2.05, 4.69) is 15.9 Å². The summed E-state index contributed by atoms with van der Waals surface area (Å²) < 4.78 is 22.4. The van der Waals surface area contributed by atoms with Crippen molar-refractivity contribution in [3.8, 4) is 11.5 Å². The van der Waals surface area contributed by atoms with Crippen LogP contribution in [0.4, 0.5) is 0 Å². The predicted octanol–water partition coefficient (Wildman–Crippen LogP) is 4.00. The van der Waals surface area contributed by atoms with Gasteiger partial charge in [0.05, 0.1) is 13.2 Å². The fourth-order valence-electron chi connectivity index (χ4n) is 3.03. The normalized spacial score (nSPS) is 19.8. The highest BCUT2D eigenvalue weighted by Crippen LogP contribution is 2.37. The Morgan fingerprint density at radius 3 is 2.31 bits per heavy atom. The van der Waals surface area contributed by atoms with Crippen LogP contribution in [-0.4, -0.2) is 30.9 Å². The molecule has 0 aromatic heterocycles. The lowest BCUT2D eigenvalue weighted by Crippen LogP contribution is -2.41. The summed E-state index contributed by atoms with van der Waals surface area (Å²) in [7, 11) is 1.55. The zero-order valence-corrected chi connectivity index (χ0v) is 16.6. The molecule has 140 valence electrons. The second-order valence-electron chi connectivity index (χ2n) is 6.79. The van der Waals surface area contributed by atoms with E-state index in [0.717, 1.165) is 12.8 Å². The molecule has 1 aliphatic heterocycles. The molecule has 0 unspecified atom stereocenters. The third kappa shape index (κ3) is 4.03. The summed E-state index contributed by atoms with van der Waals surface area (Å²) in [4.78, 5) is 24.2. The Labute approximate surface area is 160 Å². The number of hydrogen-bond acceptors (Lipinski definition) is 6. The number of cyclic esters (lactones) is 2. The van der Waals surface area contributed by atoms with Crippen molar-refractivity contribution < 1.29 is 28.5 Å². The Hall–Kier alpha value is -2.02. The van der Waals surface area contributed by atoms with Crippen LogP contribution in [0.2, 0.25) is 0 Å². The van der Waals surface area contributed by atoms with E-state index in [4.69, 9.17) is 18.9 Å². The zero-order valence-electron chi connectivity index (χ0n) is 15.0. The lowest BCUT2D eigenvalue weighted by atomic mass is 10.1. The van der Waals surface area contributed by atoms with Crippen molar-refractivity contribution in [3.63, 3.8) is 0 Å². The first-order valence-corrected chi connectivity index (χ1v) is 9.31. The Morgan fingerprint density at radius 1 is 1.12 bits per heavy atom. The third-order valence-electron chi connectivity index (χ3n) is 4.30. The summed E-state index contributed by atoms with van der Waals surface area (Å²) in [6.07, 6.45) is 5.99. The molecular weight excluding hydrogens is 404 g/mol. The average molecular weight is 425 g/mol. The first-order valence-electron chi connectivity index (χ1n) is 8.51. The van der Waals surface area contributed by atoms with Crippen molar-refractivity contribution in [2.75, 3.05) is 7.11 Å². The van der Waals surface area contributed by atoms with Gasteiger partial charge in [-0.1, -0.05) is 15.9 Å². The quantitative estimate of drug-likeness (QED) is 0.413. The summed E-state index contributed by atoms with van der Waals surface area (Å²) in [5, 5.41) is 0. The molecule has 0 spiro atoms. The maximum Gasteiger partial charge on any atom is 0.348 e. The minimum Gasteiger partial charge on any atom is -0.493 e. The molecule has 1 saturated carbocycles. The number of ether oxygens (including phenoxy) is 4. The highest BCUT2D eigenvalue weighted by molar-refractivity contribution is 9.10. The molecule has 2 aliphatic rings. The minimum atomic E-state index is -1.26. The van der Waals surface area contributed by atoms with Crippen molar-refractivity contribution in [3.05, 3.63) is 27.7 Å². The summed E-state index contributed by atoms with van der Waals surface area (Å²) in [5.41, 5.74) is 0.417. The molecule has 0 atom stereocenters. The van der Waals surface area contributed by atoms with E-state index < -0.39 is 17.7 Å². The standard InChI is InChI=1S/C19H21BrO6/c1-19(2)25-17(21)13(18(22)26-19)8-11-9-15(23-3)16(10-14(11)20)24-12-6-4-5-7-12/h8-10,12H,4-7H2,1-3H3. The molecule has 2 fully saturated rings. The molecule has 1 aromatic carbocycles. The van der Waals surface area contributed by atoms with Gasteiger partial charge in [-0.2, -0.15) is 0 Å². The van der Waals surface area contributed by atoms with Gasteiger partial charge in [0.2, 0.25) is 0 Å². The van der Waals surface area contributed by atoms with Gasteiger partial charge in [-0.3, -0.25) is 0 Å². The van der Waals surface area contributed by atoms with Crippen molar-refractivity contribution in [2.24, 2.45) is 0 Å². The smallest absolute Gasteiger partial charge is 0.348 e. The largest absolute Gasteiger partial charge is 0.493 e. The second-order valence-corrected chi connectivity index (χ2v) is 7.64. The Balaban J connectivity index is 1.90. The van der Waals surface area contributed by atoms with Crippen LogP contribution >= 0.6 is 15.9 Å². The number of benzene rings is 1. The van der Waals surface area contributed by atoms with Gasteiger partial charge in [-0.15, -0.1) is 0 Å². The van der Waals surface area contributed by atoms with Gasteiger partial charge >= 0.3 is 11.9 Å². The lowest BCUT2D eigenvalue weighted by Gasteiger charge is -2.29. The van der Waals surface area contributed by atoms with Crippen LogP contribution in [0.25, 0.3) is 6.08 Å². The van der Waals surface area contributed by atoms with Crippen LogP contribution in [0.3, 0.4) is 0 Å². The molecule has 26 heavy (non-hydrogen) atoms. The van der Waals surface area contributed by atoms with Crippen LogP contribution in [0, 0.1) is 0 Å². The third-order valence-corrected chi connectivity index (χ3v) is 4.98. The predicted molar refractivity (Wildman–Crippen MR) is 97.8 cm³/mol. The van der Waals surface area contributed by atoms with Crippen LogP contribution in [0.5, 0.6) is 11.5 Å². The Kier molecular flexibility index (Phi) is 5.27. The molecular formula is C19H21BrO6. The van der Waals surface area contributed by atoms with Crippen LogP contribution < -0.4 is 9.47 Å². The van der Waals surface area contributed by atoms with Crippen molar-refractivity contribution in [1.29, 1.82) is 0 Å². The first kappa shape index (κ1) is 18.8. The van der Waals surface area contributed by atoms with Gasteiger partial charge < -0.3 is 18.9 Å². The summed E-state index contributed by atoms with van der Waals surface area (Å²) >= 11 is 3.46. The monoisotopic (exact) mass is 424 g/mol. The van der Waals surface area contributed by atoms with E-state index >= 15 is 0 Å². The number of rotatable bonds is 4. The van der Waals surface area contributed by atoms with Crippen molar-refractivity contribution in [2.45, 2.75) is 51.4 Å². The molecule has 0 amide bonds. The van der Waals surface area contributed by atoms with E-state index in [1.54, 1.807) is 19.2 Å². The fraction of sp³-hybridized carbons (Fsp3) is 0.474. The molecule has 6 nitrogen and oxygen atoms in total. The van der Waals surface area contributed by atoms with Gasteiger partial charge in [-0.25, -0.2) is 9.59 Å². The van der Waals surface area contributed by atoms with E-state index in [9.17, 15) is 9.59 Å². The highest BCUT2D eigenvalue weighted by atomic mass is 79.9. The maximum absolute atomic E-state index is 12.1. The number of halogens is 1. The number of carbonyl (C=O) groups excluding carboxylic acids is 2. The average Bonchev–Trinajstić information content (AvgIpc) is 3.04. The molecule has 7 heteroatoms. The van der Waals surface area contributed by atoms with Gasteiger partial charge in [0.1, 0.15) is 5.57 Å². The molecule has 1 aliphatic carbocycles. The van der Waals surface area contributed by atoms with Gasteiger partial charge in [-0.05, 0) is 49.5 Å². The van der Waals surface area contributed by atoms with Crippen molar-refractivity contribution in [1.82, 2.24) is 0 Å². The van der Waals surface area contributed by atoms with E-state index in [0.29, 0.717) is 21.5 Å². The molecule has 0 N–H and O–H groups in total. The van der Waals surface area contributed by atoms with Gasteiger partial charge in [0, 0.05) is 18.3 Å². The molecule has 1 saturated heterocycles. The highest BCUT2D eigenvalue weighted by Gasteiger charge is 2.39. The SMILES string of the molecule is COc1cc(C=C2C(=O)OC(C)(C)OC2=O)c(Br)cc1OC1CCCC1. The van der Waals surface area contributed by atoms with E-state index in [1.807, 2.05) is 0 Å². The van der Waals surface area contributed by atoms with Gasteiger partial charge in [0.25, 0.3) is 5.79 Å². The molecule has 0 radical (unpaired) electrons. The summed E-state index contributed by atoms with van der Waals surface area (Å²) in [5.74, 6) is -1.54. The van der Waals surface area contributed by atoms with E-state index in [-0.39, 0.29) is 11.7 Å². The topological polar surface area (TPSA) is 71.1 Å². The van der Waals surface area contributed by atoms with E-state index in [1.165, 1.54) is 32.8 Å². The van der Waals surface area contributed by atoms with Crippen LogP contribution in [-0.2, 0) is 19.1 Å². The molecule has 1 heterocycles. The summed E-state index contributed by atoms with van der Waals surface area (Å²) in [6, 6.07) is 3.49. The number of methoxy groups -OCH3 is 1. The lowest BCUT2D eigenvalue weighted by molar-refractivity contribution is -0.222. The fourth-order valence-corrected chi connectivity index (χ4v) is 3.47. The number of carbonyl (C=O) groups is 2. The number of esters is 2. The maximum atomic E-state index is 12.1.